The third kappa shape index (κ3) is 6.90. The predicted octanol–water partition coefficient (Wildman–Crippen LogP) is 19.5. The molecule has 0 atom stereocenters. The molecule has 16 rings (SSSR count). The van der Waals surface area contributed by atoms with Crippen LogP contribution in [0.3, 0.4) is 0 Å². The number of benzene rings is 12. The molecule has 6 nitrogen and oxygen atoms in total. The lowest BCUT2D eigenvalue weighted by Gasteiger charge is -2.10. The first-order valence-corrected chi connectivity index (χ1v) is 26.9. The van der Waals surface area contributed by atoms with Gasteiger partial charge >= 0.3 is 0 Å². The van der Waals surface area contributed by atoms with Gasteiger partial charge in [-0.25, -0.2) is 4.85 Å². The van der Waals surface area contributed by atoms with E-state index in [1.165, 1.54) is 43.1 Å². The number of rotatable bonds is 7. The Morgan fingerprint density at radius 3 is 0.838 bits per heavy atom. The molecule has 0 fully saturated rings. The quantitative estimate of drug-likeness (QED) is 0.147. The number of hydrogen-bond acceptors (Lipinski definition) is 1. The highest BCUT2D eigenvalue weighted by Crippen LogP contribution is 2.43. The van der Waals surface area contributed by atoms with Crippen molar-refractivity contribution < 1.29 is 0 Å². The first-order chi connectivity index (χ1) is 39.6. The molecule has 0 aliphatic rings. The molecule has 0 aliphatic heterocycles. The Morgan fingerprint density at radius 2 is 0.525 bits per heavy atom. The van der Waals surface area contributed by atoms with Crippen molar-refractivity contribution in [3.63, 3.8) is 0 Å². The van der Waals surface area contributed by atoms with Crippen LogP contribution in [0.15, 0.2) is 267 Å². The van der Waals surface area contributed by atoms with Crippen molar-refractivity contribution in [3.05, 3.63) is 284 Å². The van der Waals surface area contributed by atoms with Crippen molar-refractivity contribution in [1.82, 2.24) is 18.3 Å². The zero-order valence-corrected chi connectivity index (χ0v) is 43.1. The molecule has 4 aromatic heterocycles. The molecule has 0 saturated carbocycles. The van der Waals surface area contributed by atoms with Crippen LogP contribution in [0, 0.1) is 17.9 Å². The van der Waals surface area contributed by atoms with Gasteiger partial charge in [0.05, 0.1) is 62.3 Å². The van der Waals surface area contributed by atoms with Crippen LogP contribution in [0.5, 0.6) is 0 Å². The maximum atomic E-state index is 9.54. The SMILES string of the molecule is [C-]#[N+]c1ccc(-n2c3ccccc3c3cc(-c4ccc5c(c4)c4cc(-c6ccc7c(c6)c6cc(-c8ccc9c(c8)c8ccccc8n9-c8ccc(C#N)cc8)ccc6n7-c6ccccc6)ccc4n5-c4ccccc4)ccc32)cc1. The van der Waals surface area contributed by atoms with Crippen molar-refractivity contribution in [2.24, 2.45) is 0 Å². The molecule has 0 saturated heterocycles. The second kappa shape index (κ2) is 17.7. The summed E-state index contributed by atoms with van der Waals surface area (Å²) < 4.78 is 9.39. The number of fused-ring (bicyclic) bond motifs is 12. The fraction of sp³-hybridized carbons (Fsp3) is 0. The summed E-state index contributed by atoms with van der Waals surface area (Å²) in [6.07, 6.45) is 0. The fourth-order valence-corrected chi connectivity index (χ4v) is 12.7. The van der Waals surface area contributed by atoms with Gasteiger partial charge < -0.3 is 18.3 Å². The van der Waals surface area contributed by atoms with Crippen LogP contribution in [-0.4, -0.2) is 18.3 Å². The molecule has 370 valence electrons. The average molecular weight is 1020 g/mol. The lowest BCUT2D eigenvalue weighted by atomic mass is 9.98. The van der Waals surface area contributed by atoms with Crippen molar-refractivity contribution in [2.75, 3.05) is 0 Å². The molecular formula is C74H44N6. The van der Waals surface area contributed by atoms with Crippen LogP contribution in [0.25, 0.3) is 148 Å². The Balaban J connectivity index is 0.850. The van der Waals surface area contributed by atoms with E-state index in [1.807, 2.05) is 48.5 Å². The summed E-state index contributed by atoms with van der Waals surface area (Å²) in [6.45, 7) is 7.52. The number of para-hydroxylation sites is 4. The van der Waals surface area contributed by atoms with Gasteiger partial charge in [-0.1, -0.05) is 121 Å². The van der Waals surface area contributed by atoms with Gasteiger partial charge in [0.1, 0.15) is 0 Å². The Morgan fingerprint density at radius 1 is 0.263 bits per heavy atom. The Labute approximate surface area is 460 Å². The predicted molar refractivity (Wildman–Crippen MR) is 331 cm³/mol. The van der Waals surface area contributed by atoms with Gasteiger partial charge in [-0.05, 0) is 179 Å². The number of hydrogen-bond donors (Lipinski definition) is 0. The first kappa shape index (κ1) is 45.1. The van der Waals surface area contributed by atoms with Gasteiger partial charge in [-0.3, -0.25) is 0 Å². The summed E-state index contributed by atoms with van der Waals surface area (Å²) in [7, 11) is 0. The van der Waals surface area contributed by atoms with Crippen LogP contribution < -0.4 is 0 Å². The summed E-state index contributed by atoms with van der Waals surface area (Å²) in [5.74, 6) is 0. The molecular weight excluding hydrogens is 973 g/mol. The van der Waals surface area contributed by atoms with E-state index in [2.05, 4.69) is 248 Å². The summed E-state index contributed by atoms with van der Waals surface area (Å²) in [4.78, 5) is 3.64. The van der Waals surface area contributed by atoms with E-state index in [0.29, 0.717) is 11.3 Å². The van der Waals surface area contributed by atoms with E-state index in [4.69, 9.17) is 6.57 Å². The van der Waals surface area contributed by atoms with Gasteiger partial charge in [0, 0.05) is 65.8 Å². The Hall–Kier alpha value is -11.2. The minimum Gasteiger partial charge on any atom is -0.309 e. The highest BCUT2D eigenvalue weighted by atomic mass is 15.0. The minimum absolute atomic E-state index is 0.630. The van der Waals surface area contributed by atoms with E-state index >= 15 is 0 Å². The topological polar surface area (TPSA) is 47.9 Å². The van der Waals surface area contributed by atoms with Gasteiger partial charge in [0.2, 0.25) is 0 Å². The molecule has 16 aromatic rings. The number of nitriles is 1. The standard InChI is InChI=1S/C74H44N6/c1-76-54-28-32-58(33-29-54)80-68-19-11-9-17-60(68)62-41-49(23-35-70(62)80)51-25-37-72-64(43-51)66-45-53(27-39-74(66)78(72)56-14-6-3-7-15-56)52-26-38-73-65(44-52)63-42-50(24-36-71(63)77(73)55-12-4-2-5-13-55)48-22-34-69-61(40-48)59-16-8-10-18-67(59)79(69)57-30-20-47(46-75)21-31-57/h2-45H. The number of aromatic nitrogens is 4. The molecule has 0 aliphatic carbocycles. The Kier molecular flexibility index (Phi) is 9.96. The molecule has 0 spiro atoms. The highest BCUT2D eigenvalue weighted by molar-refractivity contribution is 6.16. The van der Waals surface area contributed by atoms with Crippen molar-refractivity contribution in [2.45, 2.75) is 0 Å². The second-order valence-electron chi connectivity index (χ2n) is 20.7. The zero-order chi connectivity index (χ0) is 53.0. The smallest absolute Gasteiger partial charge is 0.187 e. The molecule has 0 unspecified atom stereocenters. The minimum atomic E-state index is 0.630. The molecule has 0 radical (unpaired) electrons. The zero-order valence-electron chi connectivity index (χ0n) is 43.1. The largest absolute Gasteiger partial charge is 0.309 e. The molecule has 0 amide bonds. The molecule has 4 heterocycles. The van der Waals surface area contributed by atoms with Gasteiger partial charge in [0.25, 0.3) is 0 Å². The maximum Gasteiger partial charge on any atom is 0.187 e. The Bertz CT molecular complexity index is 4960. The molecule has 0 N–H and O–H groups in total. The van der Waals surface area contributed by atoms with Gasteiger partial charge in [-0.2, -0.15) is 5.26 Å². The summed E-state index contributed by atoms with van der Waals surface area (Å²) >= 11 is 0. The normalized spacial score (nSPS) is 11.7. The highest BCUT2D eigenvalue weighted by Gasteiger charge is 2.20. The molecule has 0 bridgehead atoms. The third-order valence-electron chi connectivity index (χ3n) is 16.4. The first-order valence-electron chi connectivity index (χ1n) is 26.9. The van der Waals surface area contributed by atoms with E-state index in [-0.39, 0.29) is 0 Å². The summed E-state index contributed by atoms with van der Waals surface area (Å²) in [6, 6.07) is 98.0. The van der Waals surface area contributed by atoms with Gasteiger partial charge in [-0.15, -0.1) is 0 Å². The number of nitrogens with zero attached hydrogens (tertiary/aromatic N) is 6. The van der Waals surface area contributed by atoms with E-state index in [1.54, 1.807) is 0 Å². The fourth-order valence-electron chi connectivity index (χ4n) is 12.7. The van der Waals surface area contributed by atoms with E-state index in [0.717, 1.165) is 100 Å². The lowest BCUT2D eigenvalue weighted by molar-refractivity contribution is 1.18. The second-order valence-corrected chi connectivity index (χ2v) is 20.7. The monoisotopic (exact) mass is 1020 g/mol. The van der Waals surface area contributed by atoms with Crippen LogP contribution in [0.2, 0.25) is 0 Å². The molecule has 80 heavy (non-hydrogen) atoms. The average Bonchev–Trinajstić information content (AvgIpc) is 4.29. The molecule has 6 heteroatoms. The van der Waals surface area contributed by atoms with Crippen LogP contribution in [0.4, 0.5) is 5.69 Å². The van der Waals surface area contributed by atoms with Crippen molar-refractivity contribution in [3.8, 4) is 62.2 Å². The van der Waals surface area contributed by atoms with Gasteiger partial charge in [0.15, 0.2) is 5.69 Å². The van der Waals surface area contributed by atoms with Crippen LogP contribution in [0.1, 0.15) is 5.56 Å². The van der Waals surface area contributed by atoms with Crippen LogP contribution >= 0.6 is 0 Å². The summed E-state index contributed by atoms with van der Waals surface area (Å²) in [5.41, 5.74) is 21.6. The third-order valence-corrected chi connectivity index (χ3v) is 16.4. The lowest BCUT2D eigenvalue weighted by Crippen LogP contribution is -1.94. The maximum absolute atomic E-state index is 9.54. The van der Waals surface area contributed by atoms with Crippen LogP contribution in [-0.2, 0) is 0 Å². The van der Waals surface area contributed by atoms with E-state index < -0.39 is 0 Å². The molecule has 12 aromatic carbocycles. The summed E-state index contributed by atoms with van der Waals surface area (Å²) in [5, 5.41) is 19.0. The van der Waals surface area contributed by atoms with E-state index in [9.17, 15) is 5.26 Å². The van der Waals surface area contributed by atoms with Crippen molar-refractivity contribution >= 4 is 92.9 Å². The van der Waals surface area contributed by atoms with Crippen molar-refractivity contribution in [1.29, 1.82) is 5.26 Å².